The Morgan fingerprint density at radius 1 is 0.537 bits per heavy atom. The van der Waals surface area contributed by atoms with Gasteiger partial charge >= 0.3 is 0 Å². The molecule has 2 aromatic rings. The second-order valence-electron chi connectivity index (χ2n) is 11.0. The van der Waals surface area contributed by atoms with Crippen molar-refractivity contribution >= 4 is 20.2 Å². The van der Waals surface area contributed by atoms with E-state index in [0.717, 1.165) is 11.1 Å². The van der Waals surface area contributed by atoms with Crippen molar-refractivity contribution in [3.63, 3.8) is 0 Å². The third kappa shape index (κ3) is 13.8. The van der Waals surface area contributed by atoms with Gasteiger partial charge in [0, 0.05) is 0 Å². The normalized spacial score (nSPS) is 14.0. The molecular weight excluding hydrogens is 568 g/mol. The quantitative estimate of drug-likeness (QED) is 0.145. The highest BCUT2D eigenvalue weighted by Gasteiger charge is 2.24. The van der Waals surface area contributed by atoms with Crippen molar-refractivity contribution in [3.05, 3.63) is 59.7 Å². The highest BCUT2D eigenvalue weighted by atomic mass is 32.2. The van der Waals surface area contributed by atoms with Gasteiger partial charge in [-0.2, -0.15) is 16.8 Å². The predicted octanol–water partition coefficient (Wildman–Crippen LogP) is 5.29. The van der Waals surface area contributed by atoms with E-state index in [0.29, 0.717) is 12.8 Å². The van der Waals surface area contributed by atoms with Crippen molar-refractivity contribution in [1.82, 2.24) is 0 Å². The highest BCUT2D eigenvalue weighted by molar-refractivity contribution is 7.87. The van der Waals surface area contributed by atoms with Gasteiger partial charge in [0.05, 0.1) is 49.4 Å². The summed E-state index contributed by atoms with van der Waals surface area (Å²) >= 11 is 0. The number of hydrogen-bond acceptors (Lipinski definition) is 9. The average Bonchev–Trinajstić information content (AvgIpc) is 2.87. The summed E-state index contributed by atoms with van der Waals surface area (Å²) in [6.45, 7) is 13.1. The Labute approximate surface area is 246 Å². The molecule has 41 heavy (non-hydrogen) atoms. The van der Waals surface area contributed by atoms with Crippen molar-refractivity contribution < 1.29 is 39.4 Å². The molecule has 0 saturated heterocycles. The molecule has 0 unspecified atom stereocenters. The minimum atomic E-state index is -3.90. The number of aryl methyl sites for hydroxylation is 2. The molecule has 0 radical (unpaired) electrons. The molecular formula is C30H46O9S2. The Bertz CT molecular complexity index is 1130. The van der Waals surface area contributed by atoms with Crippen LogP contribution in [0.15, 0.2) is 58.3 Å². The fourth-order valence-corrected chi connectivity index (χ4v) is 6.11. The number of benzene rings is 2. The summed E-state index contributed by atoms with van der Waals surface area (Å²) in [5.74, 6) is 0.446. The lowest BCUT2D eigenvalue weighted by Crippen LogP contribution is -2.27. The standard InChI is InChI=1S/C30H46O9S2/c1-23(2)19-27(38-40(31,32)29-11-7-25(5)8-12-29)21-36-17-15-35-16-18-37-22-28(20-24(3)4)39-41(33,34)30-13-9-26(6)10-14-30/h7-14,23-24,27-28H,15-22H2,1-6H3/t27-,28-/m0/s1. The summed E-state index contributed by atoms with van der Waals surface area (Å²) in [5.41, 5.74) is 1.93. The van der Waals surface area contributed by atoms with Crippen LogP contribution in [0.1, 0.15) is 51.7 Å². The molecule has 0 heterocycles. The van der Waals surface area contributed by atoms with Crippen LogP contribution >= 0.6 is 0 Å². The number of hydrogen-bond donors (Lipinski definition) is 0. The van der Waals surface area contributed by atoms with E-state index in [-0.39, 0.29) is 61.3 Å². The molecule has 0 aromatic heterocycles. The Kier molecular flexibility index (Phi) is 14.9. The first-order valence-corrected chi connectivity index (χ1v) is 16.8. The molecule has 0 spiro atoms. The summed E-state index contributed by atoms with van der Waals surface area (Å²) in [6, 6.07) is 13.1. The van der Waals surface area contributed by atoms with Crippen LogP contribution in [0.4, 0.5) is 0 Å². The molecule has 2 atom stereocenters. The van der Waals surface area contributed by atoms with E-state index < -0.39 is 32.4 Å². The predicted molar refractivity (Wildman–Crippen MR) is 158 cm³/mol. The second kappa shape index (κ2) is 17.3. The van der Waals surface area contributed by atoms with Gasteiger partial charge in [0.1, 0.15) is 12.2 Å². The van der Waals surface area contributed by atoms with Gasteiger partial charge in [0.15, 0.2) is 0 Å². The first kappa shape index (κ1) is 35.3. The van der Waals surface area contributed by atoms with Crippen LogP contribution in [-0.2, 0) is 42.8 Å². The zero-order valence-electron chi connectivity index (χ0n) is 25.1. The number of rotatable bonds is 20. The summed E-state index contributed by atoms with van der Waals surface area (Å²) in [4.78, 5) is 0.239. The summed E-state index contributed by atoms with van der Waals surface area (Å²) < 4.78 is 78.5. The van der Waals surface area contributed by atoms with Gasteiger partial charge < -0.3 is 14.2 Å². The van der Waals surface area contributed by atoms with E-state index in [1.165, 1.54) is 24.3 Å². The maximum absolute atomic E-state index is 12.7. The third-order valence-electron chi connectivity index (χ3n) is 5.96. The van der Waals surface area contributed by atoms with Crippen LogP contribution in [0.5, 0.6) is 0 Å². The van der Waals surface area contributed by atoms with Gasteiger partial charge in [-0.15, -0.1) is 0 Å². The van der Waals surface area contributed by atoms with Gasteiger partial charge in [-0.1, -0.05) is 63.1 Å². The molecule has 0 saturated carbocycles. The first-order chi connectivity index (χ1) is 19.3. The van der Waals surface area contributed by atoms with Crippen molar-refractivity contribution in [2.24, 2.45) is 11.8 Å². The molecule has 0 amide bonds. The minimum Gasteiger partial charge on any atom is -0.377 e. The SMILES string of the molecule is Cc1ccc(S(=O)(=O)O[C@H](COCCOCCOC[C@H](CC(C)C)OS(=O)(=O)c2ccc(C)cc2)CC(C)C)cc1. The minimum absolute atomic E-state index is 0.118. The van der Waals surface area contributed by atoms with E-state index in [4.69, 9.17) is 22.6 Å². The van der Waals surface area contributed by atoms with Crippen LogP contribution in [0.3, 0.4) is 0 Å². The van der Waals surface area contributed by atoms with E-state index in [9.17, 15) is 16.8 Å². The molecule has 0 bridgehead atoms. The lowest BCUT2D eigenvalue weighted by atomic mass is 10.1. The largest absolute Gasteiger partial charge is 0.377 e. The molecule has 2 rings (SSSR count). The lowest BCUT2D eigenvalue weighted by molar-refractivity contribution is -0.0178. The smallest absolute Gasteiger partial charge is 0.297 e. The highest BCUT2D eigenvalue weighted by Crippen LogP contribution is 2.20. The van der Waals surface area contributed by atoms with Crippen molar-refractivity contribution in [3.8, 4) is 0 Å². The average molecular weight is 615 g/mol. The maximum atomic E-state index is 12.7. The number of ether oxygens (including phenoxy) is 3. The lowest BCUT2D eigenvalue weighted by Gasteiger charge is -2.20. The Morgan fingerprint density at radius 3 is 1.17 bits per heavy atom. The molecule has 0 aliphatic carbocycles. The maximum Gasteiger partial charge on any atom is 0.297 e. The van der Waals surface area contributed by atoms with Crippen LogP contribution < -0.4 is 0 Å². The van der Waals surface area contributed by atoms with Crippen LogP contribution in [-0.4, -0.2) is 68.7 Å². The van der Waals surface area contributed by atoms with Gasteiger partial charge in [-0.3, -0.25) is 8.37 Å². The van der Waals surface area contributed by atoms with Crippen LogP contribution in [0.2, 0.25) is 0 Å². The first-order valence-electron chi connectivity index (χ1n) is 14.0. The zero-order valence-corrected chi connectivity index (χ0v) is 26.7. The van der Waals surface area contributed by atoms with Crippen molar-refractivity contribution in [2.75, 3.05) is 39.6 Å². The Hall–Kier alpha value is -1.86. The topological polar surface area (TPSA) is 114 Å². The molecule has 2 aromatic carbocycles. The van der Waals surface area contributed by atoms with Gasteiger partial charge in [-0.05, 0) is 62.8 Å². The second-order valence-corrected chi connectivity index (χ2v) is 14.1. The van der Waals surface area contributed by atoms with Gasteiger partial charge in [0.25, 0.3) is 20.2 Å². The molecule has 9 nitrogen and oxygen atoms in total. The van der Waals surface area contributed by atoms with E-state index >= 15 is 0 Å². The Balaban J connectivity index is 1.71. The van der Waals surface area contributed by atoms with E-state index in [1.54, 1.807) is 24.3 Å². The van der Waals surface area contributed by atoms with Crippen LogP contribution in [0.25, 0.3) is 0 Å². The van der Waals surface area contributed by atoms with Gasteiger partial charge in [0.2, 0.25) is 0 Å². The zero-order chi connectivity index (χ0) is 30.5. The summed E-state index contributed by atoms with van der Waals surface area (Å²) in [7, 11) is -7.80. The van der Waals surface area contributed by atoms with Gasteiger partial charge in [-0.25, -0.2) is 0 Å². The van der Waals surface area contributed by atoms with E-state index in [1.807, 2.05) is 41.5 Å². The summed E-state index contributed by atoms with van der Waals surface area (Å²) in [5, 5.41) is 0. The Morgan fingerprint density at radius 2 is 0.854 bits per heavy atom. The molecule has 232 valence electrons. The molecule has 0 aliphatic rings. The monoisotopic (exact) mass is 614 g/mol. The third-order valence-corrected chi connectivity index (χ3v) is 8.72. The fourth-order valence-electron chi connectivity index (χ4n) is 3.97. The molecule has 0 aliphatic heterocycles. The molecule has 0 fully saturated rings. The summed E-state index contributed by atoms with van der Waals surface area (Å²) in [6.07, 6.45) is -0.171. The fraction of sp³-hybridized carbons (Fsp3) is 0.600. The molecule has 11 heteroatoms. The van der Waals surface area contributed by atoms with E-state index in [2.05, 4.69) is 0 Å². The van der Waals surface area contributed by atoms with Crippen molar-refractivity contribution in [1.29, 1.82) is 0 Å². The molecule has 0 N–H and O–H groups in total. The van der Waals surface area contributed by atoms with Crippen LogP contribution in [0, 0.1) is 25.7 Å². The van der Waals surface area contributed by atoms with Crippen molar-refractivity contribution in [2.45, 2.75) is 76.4 Å².